The Morgan fingerprint density at radius 2 is 2.10 bits per heavy atom. The van der Waals surface area contributed by atoms with Crippen LogP contribution in [0.5, 0.6) is 0 Å². The fraction of sp³-hybridized carbons (Fsp3) is 0.429. The highest BCUT2D eigenvalue weighted by atomic mass is 32.2. The molecule has 114 valence electrons. The zero-order valence-electron chi connectivity index (χ0n) is 11.8. The Bertz CT molecular complexity index is 714. The molecule has 1 fully saturated rings. The highest BCUT2D eigenvalue weighted by molar-refractivity contribution is 7.89. The summed E-state index contributed by atoms with van der Waals surface area (Å²) in [7, 11) is -3.42. The van der Waals surface area contributed by atoms with Crippen LogP contribution in [0.15, 0.2) is 27.8 Å². The lowest BCUT2D eigenvalue weighted by Gasteiger charge is -2.04. The molecule has 0 atom stereocenters. The Morgan fingerprint density at radius 3 is 2.76 bits per heavy atom. The Balaban J connectivity index is 1.62. The van der Waals surface area contributed by atoms with Crippen LogP contribution < -0.4 is 10.0 Å². The molecule has 1 aliphatic carbocycles. The molecule has 0 bridgehead atoms. The van der Waals surface area contributed by atoms with Gasteiger partial charge in [-0.05, 0) is 42.8 Å². The second-order valence-corrected chi connectivity index (χ2v) is 9.02. The summed E-state index contributed by atoms with van der Waals surface area (Å²) in [5.41, 5.74) is 1.13. The SMILES string of the molecule is Cc1ccsc1CNS(=O)(=O)c1csc(CNC2CC2)c1. The van der Waals surface area contributed by atoms with E-state index >= 15 is 0 Å². The van der Waals surface area contributed by atoms with Crippen LogP contribution in [0, 0.1) is 6.92 Å². The molecule has 2 aromatic heterocycles. The van der Waals surface area contributed by atoms with Gasteiger partial charge in [-0.25, -0.2) is 13.1 Å². The number of thiophene rings is 2. The van der Waals surface area contributed by atoms with E-state index in [1.807, 2.05) is 18.4 Å². The fourth-order valence-corrected chi connectivity index (χ4v) is 5.11. The molecule has 2 aromatic rings. The van der Waals surface area contributed by atoms with E-state index in [4.69, 9.17) is 0 Å². The third-order valence-electron chi connectivity index (χ3n) is 3.47. The van der Waals surface area contributed by atoms with Crippen molar-refractivity contribution in [2.75, 3.05) is 0 Å². The standard InChI is InChI=1S/C14H18N2O2S3/c1-10-4-5-19-14(10)8-16-21(17,18)13-6-12(20-9-13)7-15-11-2-3-11/h4-6,9,11,15-16H,2-3,7-8H2,1H3. The van der Waals surface area contributed by atoms with Crippen molar-refractivity contribution in [2.45, 2.75) is 43.8 Å². The highest BCUT2D eigenvalue weighted by Crippen LogP contribution is 2.23. The third-order valence-corrected chi connectivity index (χ3v) is 6.96. The molecular weight excluding hydrogens is 324 g/mol. The summed E-state index contributed by atoms with van der Waals surface area (Å²) in [6, 6.07) is 4.40. The molecule has 0 aromatic carbocycles. The number of rotatable bonds is 7. The molecule has 2 heterocycles. The van der Waals surface area contributed by atoms with Crippen molar-refractivity contribution in [3.8, 4) is 0 Å². The smallest absolute Gasteiger partial charge is 0.241 e. The van der Waals surface area contributed by atoms with Gasteiger partial charge in [0.05, 0.1) is 4.90 Å². The van der Waals surface area contributed by atoms with Gasteiger partial charge in [0.2, 0.25) is 10.0 Å². The van der Waals surface area contributed by atoms with E-state index in [9.17, 15) is 8.42 Å². The molecule has 0 radical (unpaired) electrons. The van der Waals surface area contributed by atoms with E-state index in [1.54, 1.807) is 22.8 Å². The monoisotopic (exact) mass is 342 g/mol. The number of sulfonamides is 1. The van der Waals surface area contributed by atoms with E-state index in [0.717, 1.165) is 21.9 Å². The molecule has 0 amide bonds. The van der Waals surface area contributed by atoms with Gasteiger partial charge in [-0.2, -0.15) is 0 Å². The van der Waals surface area contributed by atoms with Crippen LogP contribution in [0.4, 0.5) is 0 Å². The Kier molecular flexibility index (Phi) is 4.46. The Labute approximate surface area is 133 Å². The van der Waals surface area contributed by atoms with Crippen LogP contribution in [-0.4, -0.2) is 14.5 Å². The molecule has 21 heavy (non-hydrogen) atoms. The van der Waals surface area contributed by atoms with Crippen molar-refractivity contribution in [1.29, 1.82) is 0 Å². The maximum absolute atomic E-state index is 12.3. The van der Waals surface area contributed by atoms with Crippen LogP contribution in [0.25, 0.3) is 0 Å². The second kappa shape index (κ2) is 6.18. The van der Waals surface area contributed by atoms with E-state index in [-0.39, 0.29) is 0 Å². The van der Waals surface area contributed by atoms with Gasteiger partial charge >= 0.3 is 0 Å². The maximum Gasteiger partial charge on any atom is 0.241 e. The summed E-state index contributed by atoms with van der Waals surface area (Å²) in [4.78, 5) is 2.49. The quantitative estimate of drug-likeness (QED) is 0.813. The van der Waals surface area contributed by atoms with Gasteiger partial charge in [0.25, 0.3) is 0 Å². The lowest BCUT2D eigenvalue weighted by Crippen LogP contribution is -2.22. The van der Waals surface area contributed by atoms with Crippen LogP contribution in [0.2, 0.25) is 0 Å². The molecule has 2 N–H and O–H groups in total. The van der Waals surface area contributed by atoms with Crippen molar-refractivity contribution in [3.05, 3.63) is 38.2 Å². The maximum atomic E-state index is 12.3. The summed E-state index contributed by atoms with van der Waals surface area (Å²) in [6.45, 7) is 3.11. The van der Waals surface area contributed by atoms with E-state index in [1.165, 1.54) is 24.2 Å². The minimum absolute atomic E-state index is 0.358. The van der Waals surface area contributed by atoms with Gasteiger partial charge in [0, 0.05) is 34.3 Å². The Morgan fingerprint density at radius 1 is 1.29 bits per heavy atom. The average Bonchev–Trinajstić information content (AvgIpc) is 2.98. The summed E-state index contributed by atoms with van der Waals surface area (Å²) in [5.74, 6) is 0. The lowest BCUT2D eigenvalue weighted by molar-refractivity contribution is 0.582. The topological polar surface area (TPSA) is 58.2 Å². The zero-order chi connectivity index (χ0) is 14.9. The minimum atomic E-state index is -3.42. The third kappa shape index (κ3) is 3.92. The van der Waals surface area contributed by atoms with Crippen LogP contribution in [0.3, 0.4) is 0 Å². The number of hydrogen-bond donors (Lipinski definition) is 2. The van der Waals surface area contributed by atoms with Gasteiger partial charge in [-0.3, -0.25) is 0 Å². The molecular formula is C14H18N2O2S3. The Hall–Kier alpha value is -0.730. The van der Waals surface area contributed by atoms with Gasteiger partial charge in [0.15, 0.2) is 0 Å². The van der Waals surface area contributed by atoms with Crippen molar-refractivity contribution >= 4 is 32.7 Å². The lowest BCUT2D eigenvalue weighted by atomic mass is 10.3. The molecule has 0 spiro atoms. The van der Waals surface area contributed by atoms with Gasteiger partial charge in [-0.1, -0.05) is 0 Å². The normalized spacial score (nSPS) is 15.5. The summed E-state index contributed by atoms with van der Waals surface area (Å²) < 4.78 is 27.2. The predicted molar refractivity (Wildman–Crippen MR) is 87.3 cm³/mol. The fourth-order valence-electron chi connectivity index (χ4n) is 1.96. The second-order valence-electron chi connectivity index (χ2n) is 5.26. The summed E-state index contributed by atoms with van der Waals surface area (Å²) in [5, 5.41) is 7.09. The zero-order valence-corrected chi connectivity index (χ0v) is 14.2. The highest BCUT2D eigenvalue weighted by Gasteiger charge is 2.21. The van der Waals surface area contributed by atoms with Crippen molar-refractivity contribution in [3.63, 3.8) is 0 Å². The first-order valence-corrected chi connectivity index (χ1v) is 10.1. The minimum Gasteiger partial charge on any atom is -0.309 e. The first-order valence-electron chi connectivity index (χ1n) is 6.88. The predicted octanol–water partition coefficient (Wildman–Crippen LogP) is 2.85. The number of hydrogen-bond acceptors (Lipinski definition) is 5. The summed E-state index contributed by atoms with van der Waals surface area (Å²) >= 11 is 3.07. The molecule has 7 heteroatoms. The molecule has 1 saturated carbocycles. The van der Waals surface area contributed by atoms with Crippen LogP contribution in [-0.2, 0) is 23.1 Å². The number of nitrogens with one attached hydrogen (secondary N) is 2. The molecule has 0 saturated heterocycles. The molecule has 0 unspecified atom stereocenters. The van der Waals surface area contributed by atoms with Crippen molar-refractivity contribution in [1.82, 2.24) is 10.0 Å². The van der Waals surface area contributed by atoms with E-state index in [0.29, 0.717) is 17.5 Å². The molecule has 1 aliphatic rings. The number of aryl methyl sites for hydroxylation is 1. The first-order chi connectivity index (χ1) is 10.0. The van der Waals surface area contributed by atoms with Crippen molar-refractivity contribution in [2.24, 2.45) is 0 Å². The summed E-state index contributed by atoms with van der Waals surface area (Å²) in [6.07, 6.45) is 2.47. The first kappa shape index (κ1) is 15.2. The van der Waals surface area contributed by atoms with Crippen LogP contribution >= 0.6 is 22.7 Å². The average molecular weight is 343 g/mol. The molecule has 4 nitrogen and oxygen atoms in total. The van der Waals surface area contributed by atoms with E-state index in [2.05, 4.69) is 10.0 Å². The van der Waals surface area contributed by atoms with E-state index < -0.39 is 10.0 Å². The largest absolute Gasteiger partial charge is 0.309 e. The van der Waals surface area contributed by atoms with Crippen LogP contribution in [0.1, 0.15) is 28.2 Å². The van der Waals surface area contributed by atoms with Gasteiger partial charge in [-0.15, -0.1) is 22.7 Å². The molecule has 3 rings (SSSR count). The van der Waals surface area contributed by atoms with Gasteiger partial charge in [0.1, 0.15) is 0 Å². The van der Waals surface area contributed by atoms with Gasteiger partial charge < -0.3 is 5.32 Å². The molecule has 0 aliphatic heterocycles. The van der Waals surface area contributed by atoms with Crippen molar-refractivity contribution < 1.29 is 8.42 Å².